The molecule has 0 atom stereocenters. The van der Waals surface area contributed by atoms with Crippen molar-refractivity contribution in [3.8, 4) is 5.69 Å². The van der Waals surface area contributed by atoms with Crippen LogP contribution in [0, 0.1) is 4.77 Å². The first-order valence-electron chi connectivity index (χ1n) is 4.60. The number of nitrogens with zero attached hydrogens (tertiary/aromatic N) is 1. The van der Waals surface area contributed by atoms with Gasteiger partial charge in [-0.15, -0.1) is 0 Å². The number of aromatic amines is 2. The van der Waals surface area contributed by atoms with E-state index in [9.17, 15) is 13.2 Å². The highest BCUT2D eigenvalue weighted by molar-refractivity contribution is 7.90. The quantitative estimate of drug-likeness (QED) is 0.784. The predicted octanol–water partition coefficient (Wildman–Crippen LogP) is 0.627. The molecule has 0 fully saturated rings. The number of benzene rings is 1. The maximum absolute atomic E-state index is 11.4. The summed E-state index contributed by atoms with van der Waals surface area (Å²) >= 11 is 4.92. The van der Waals surface area contributed by atoms with E-state index >= 15 is 0 Å². The standard InChI is InChI=1S/C9H9N3O3S2/c1-17(14,15)7-4-2-6(3-5-7)12-8(13)10-11-9(12)16/h2-5H,1H3,(H,10,13)(H,11,16). The Bertz CT molecular complexity index is 722. The molecule has 0 saturated heterocycles. The normalized spacial score (nSPS) is 11.6. The molecule has 0 amide bonds. The summed E-state index contributed by atoms with van der Waals surface area (Å²) in [6.07, 6.45) is 1.12. The summed E-state index contributed by atoms with van der Waals surface area (Å²) in [6, 6.07) is 5.91. The summed E-state index contributed by atoms with van der Waals surface area (Å²) in [7, 11) is -3.24. The largest absolute Gasteiger partial charge is 0.347 e. The van der Waals surface area contributed by atoms with Crippen molar-refractivity contribution in [1.82, 2.24) is 14.8 Å². The van der Waals surface area contributed by atoms with Crippen LogP contribution >= 0.6 is 12.2 Å². The molecule has 1 heterocycles. The van der Waals surface area contributed by atoms with Gasteiger partial charge in [-0.1, -0.05) is 0 Å². The molecular weight excluding hydrogens is 262 g/mol. The zero-order valence-corrected chi connectivity index (χ0v) is 10.4. The Balaban J connectivity index is 2.58. The van der Waals surface area contributed by atoms with E-state index < -0.39 is 15.5 Å². The number of rotatable bonds is 2. The van der Waals surface area contributed by atoms with Crippen LogP contribution in [0.2, 0.25) is 0 Å². The first-order chi connectivity index (χ1) is 7.89. The number of hydrogen-bond donors (Lipinski definition) is 2. The smallest absolute Gasteiger partial charge is 0.272 e. The highest BCUT2D eigenvalue weighted by atomic mass is 32.2. The monoisotopic (exact) mass is 271 g/mol. The van der Waals surface area contributed by atoms with E-state index in [-0.39, 0.29) is 9.67 Å². The van der Waals surface area contributed by atoms with Crippen LogP contribution in [-0.4, -0.2) is 29.4 Å². The second kappa shape index (κ2) is 3.97. The molecule has 6 nitrogen and oxygen atoms in total. The molecule has 0 radical (unpaired) electrons. The lowest BCUT2D eigenvalue weighted by Gasteiger charge is -2.02. The van der Waals surface area contributed by atoms with Crippen molar-refractivity contribution in [2.45, 2.75) is 4.90 Å². The predicted molar refractivity (Wildman–Crippen MR) is 64.7 cm³/mol. The molecular formula is C9H9N3O3S2. The zero-order chi connectivity index (χ0) is 12.6. The average molecular weight is 271 g/mol. The minimum atomic E-state index is -3.24. The third kappa shape index (κ3) is 2.22. The van der Waals surface area contributed by atoms with Gasteiger partial charge in [0.25, 0.3) is 0 Å². The van der Waals surface area contributed by atoms with Crippen molar-refractivity contribution in [2.75, 3.05) is 6.26 Å². The Morgan fingerprint density at radius 1 is 1.18 bits per heavy atom. The molecule has 8 heteroatoms. The fraction of sp³-hybridized carbons (Fsp3) is 0.111. The molecule has 0 aliphatic rings. The molecule has 0 aliphatic carbocycles. The highest BCUT2D eigenvalue weighted by Gasteiger charge is 2.08. The SMILES string of the molecule is CS(=O)(=O)c1ccc(-n2c(=O)[nH][nH]c2=S)cc1. The van der Waals surface area contributed by atoms with E-state index in [1.54, 1.807) is 0 Å². The van der Waals surface area contributed by atoms with Crippen molar-refractivity contribution in [3.63, 3.8) is 0 Å². The molecule has 1 aromatic carbocycles. The van der Waals surface area contributed by atoms with Gasteiger partial charge < -0.3 is 0 Å². The van der Waals surface area contributed by atoms with E-state index in [1.165, 1.54) is 28.8 Å². The van der Waals surface area contributed by atoms with E-state index in [1.807, 2.05) is 0 Å². The molecule has 2 rings (SSSR count). The van der Waals surface area contributed by atoms with Crippen LogP contribution < -0.4 is 5.69 Å². The molecule has 0 saturated carbocycles. The highest BCUT2D eigenvalue weighted by Crippen LogP contribution is 2.12. The van der Waals surface area contributed by atoms with Crippen LogP contribution in [0.4, 0.5) is 0 Å². The second-order valence-corrected chi connectivity index (χ2v) is 5.86. The van der Waals surface area contributed by atoms with Gasteiger partial charge in [-0.3, -0.25) is 5.10 Å². The van der Waals surface area contributed by atoms with Gasteiger partial charge in [-0.05, 0) is 36.5 Å². The Labute approximate surface area is 102 Å². The zero-order valence-electron chi connectivity index (χ0n) is 8.80. The summed E-state index contributed by atoms with van der Waals surface area (Å²) in [5.74, 6) is 0. The molecule has 90 valence electrons. The lowest BCUT2D eigenvalue weighted by Crippen LogP contribution is -2.14. The number of hydrogen-bond acceptors (Lipinski definition) is 4. The molecule has 0 spiro atoms. The first kappa shape index (κ1) is 11.8. The number of H-pyrrole nitrogens is 2. The maximum Gasteiger partial charge on any atom is 0.347 e. The van der Waals surface area contributed by atoms with Crippen LogP contribution in [0.1, 0.15) is 0 Å². The van der Waals surface area contributed by atoms with Crippen molar-refractivity contribution in [2.24, 2.45) is 0 Å². The molecule has 2 N–H and O–H groups in total. The molecule has 0 unspecified atom stereocenters. The van der Waals surface area contributed by atoms with Crippen molar-refractivity contribution in [3.05, 3.63) is 39.5 Å². The van der Waals surface area contributed by atoms with E-state index in [0.717, 1.165) is 6.26 Å². The van der Waals surface area contributed by atoms with Crippen LogP contribution in [-0.2, 0) is 9.84 Å². The van der Waals surface area contributed by atoms with Gasteiger partial charge in [-0.25, -0.2) is 22.9 Å². The van der Waals surface area contributed by atoms with Crippen molar-refractivity contribution < 1.29 is 8.42 Å². The lowest BCUT2D eigenvalue weighted by atomic mass is 10.3. The number of aromatic nitrogens is 3. The topological polar surface area (TPSA) is 87.7 Å². The minimum absolute atomic E-state index is 0.194. The third-order valence-electron chi connectivity index (χ3n) is 2.21. The van der Waals surface area contributed by atoms with Crippen molar-refractivity contribution >= 4 is 22.1 Å². The Kier molecular flexibility index (Phi) is 2.76. The lowest BCUT2D eigenvalue weighted by molar-refractivity contribution is 0.602. The van der Waals surface area contributed by atoms with Gasteiger partial charge >= 0.3 is 5.69 Å². The molecule has 2 aromatic rings. The van der Waals surface area contributed by atoms with E-state index in [4.69, 9.17) is 12.2 Å². The van der Waals surface area contributed by atoms with Crippen molar-refractivity contribution in [1.29, 1.82) is 0 Å². The summed E-state index contributed by atoms with van der Waals surface area (Å²) < 4.78 is 24.0. The summed E-state index contributed by atoms with van der Waals surface area (Å²) in [5, 5.41) is 4.84. The fourth-order valence-electron chi connectivity index (χ4n) is 1.39. The molecule has 0 bridgehead atoms. The van der Waals surface area contributed by atoms with Crippen LogP contribution in [0.3, 0.4) is 0 Å². The minimum Gasteiger partial charge on any atom is -0.272 e. The van der Waals surface area contributed by atoms with Gasteiger partial charge in [0, 0.05) is 6.26 Å². The van der Waals surface area contributed by atoms with Gasteiger partial charge in [0.15, 0.2) is 9.84 Å². The Morgan fingerprint density at radius 2 is 1.76 bits per heavy atom. The fourth-order valence-corrected chi connectivity index (χ4v) is 2.26. The van der Waals surface area contributed by atoms with Crippen LogP contribution in [0.5, 0.6) is 0 Å². The van der Waals surface area contributed by atoms with Gasteiger partial charge in [-0.2, -0.15) is 0 Å². The maximum atomic E-state index is 11.4. The van der Waals surface area contributed by atoms with Crippen LogP contribution in [0.15, 0.2) is 34.0 Å². The number of sulfone groups is 1. The van der Waals surface area contributed by atoms with Gasteiger partial charge in [0.2, 0.25) is 4.77 Å². The van der Waals surface area contributed by atoms with Gasteiger partial charge in [0.1, 0.15) is 0 Å². The first-order valence-corrected chi connectivity index (χ1v) is 6.90. The summed E-state index contributed by atoms with van der Waals surface area (Å²) in [5.41, 5.74) is 0.104. The van der Waals surface area contributed by atoms with E-state index in [2.05, 4.69) is 10.2 Å². The summed E-state index contributed by atoms with van der Waals surface area (Å²) in [6.45, 7) is 0. The Morgan fingerprint density at radius 3 is 2.18 bits per heavy atom. The van der Waals surface area contributed by atoms with Crippen LogP contribution in [0.25, 0.3) is 5.69 Å². The molecule has 1 aromatic heterocycles. The Hall–Kier alpha value is -1.67. The molecule has 0 aliphatic heterocycles. The number of nitrogens with one attached hydrogen (secondary N) is 2. The van der Waals surface area contributed by atoms with Gasteiger partial charge in [0.05, 0.1) is 10.6 Å². The average Bonchev–Trinajstić information content (AvgIpc) is 2.58. The van der Waals surface area contributed by atoms with E-state index in [0.29, 0.717) is 5.69 Å². The summed E-state index contributed by atoms with van der Waals surface area (Å²) in [4.78, 5) is 11.6. The second-order valence-electron chi connectivity index (χ2n) is 3.46. The third-order valence-corrected chi connectivity index (χ3v) is 3.62. The molecule has 17 heavy (non-hydrogen) atoms.